The smallest absolute Gasteiger partial charge is 0.228 e. The Morgan fingerprint density at radius 2 is 1.95 bits per heavy atom. The van der Waals surface area contributed by atoms with Crippen molar-refractivity contribution in [2.24, 2.45) is 0 Å². The summed E-state index contributed by atoms with van der Waals surface area (Å²) < 4.78 is 26.7. The van der Waals surface area contributed by atoms with Gasteiger partial charge in [0.25, 0.3) is 0 Å². The summed E-state index contributed by atoms with van der Waals surface area (Å²) in [5.41, 5.74) is 8.00. The van der Waals surface area contributed by atoms with Crippen molar-refractivity contribution in [3.05, 3.63) is 57.6 Å². The number of amides is 1. The SMILES string of the molecule is Cc1cc(Br)cc(N)c1NC(=O)Cc1ccc(F)c(F)c1. The maximum Gasteiger partial charge on any atom is 0.228 e. The average Bonchev–Trinajstić information content (AvgIpc) is 2.38. The van der Waals surface area contributed by atoms with Crippen molar-refractivity contribution in [2.75, 3.05) is 11.1 Å². The van der Waals surface area contributed by atoms with Gasteiger partial charge in [-0.15, -0.1) is 0 Å². The highest BCUT2D eigenvalue weighted by atomic mass is 79.9. The van der Waals surface area contributed by atoms with Crippen LogP contribution in [0.4, 0.5) is 20.2 Å². The number of hydrogen-bond acceptors (Lipinski definition) is 2. The topological polar surface area (TPSA) is 55.1 Å². The highest BCUT2D eigenvalue weighted by molar-refractivity contribution is 9.10. The minimum absolute atomic E-state index is 0.0633. The van der Waals surface area contributed by atoms with E-state index in [0.717, 1.165) is 22.2 Å². The van der Waals surface area contributed by atoms with E-state index in [1.54, 1.807) is 6.07 Å². The molecule has 1 amide bonds. The molecule has 0 saturated heterocycles. The van der Waals surface area contributed by atoms with Crippen molar-refractivity contribution < 1.29 is 13.6 Å². The van der Waals surface area contributed by atoms with Gasteiger partial charge in [0.15, 0.2) is 11.6 Å². The van der Waals surface area contributed by atoms with Crippen LogP contribution in [-0.4, -0.2) is 5.91 Å². The molecule has 3 N–H and O–H groups in total. The Bertz CT molecular complexity index is 681. The molecule has 0 aliphatic rings. The number of anilines is 2. The number of nitrogens with two attached hydrogens (primary N) is 1. The molecule has 0 heterocycles. The zero-order chi connectivity index (χ0) is 15.6. The number of rotatable bonds is 3. The summed E-state index contributed by atoms with van der Waals surface area (Å²) in [5, 5.41) is 2.69. The molecule has 0 unspecified atom stereocenters. The lowest BCUT2D eigenvalue weighted by Crippen LogP contribution is -2.16. The van der Waals surface area contributed by atoms with Gasteiger partial charge in [-0.1, -0.05) is 22.0 Å². The third-order valence-electron chi connectivity index (χ3n) is 2.94. The zero-order valence-electron chi connectivity index (χ0n) is 11.2. The number of benzene rings is 2. The van der Waals surface area contributed by atoms with E-state index in [1.807, 2.05) is 13.0 Å². The van der Waals surface area contributed by atoms with Crippen LogP contribution >= 0.6 is 15.9 Å². The summed E-state index contributed by atoms with van der Waals surface area (Å²) >= 11 is 3.31. The van der Waals surface area contributed by atoms with Crippen molar-refractivity contribution in [2.45, 2.75) is 13.3 Å². The number of nitrogen functional groups attached to an aromatic ring is 1. The van der Waals surface area contributed by atoms with Crippen LogP contribution in [0.2, 0.25) is 0 Å². The molecule has 0 saturated carbocycles. The summed E-state index contributed by atoms with van der Waals surface area (Å²) in [7, 11) is 0. The van der Waals surface area contributed by atoms with Crippen LogP contribution in [0, 0.1) is 18.6 Å². The van der Waals surface area contributed by atoms with E-state index in [1.165, 1.54) is 6.07 Å². The Morgan fingerprint density at radius 1 is 1.24 bits per heavy atom. The number of carbonyl (C=O) groups is 1. The maximum atomic E-state index is 13.1. The number of carbonyl (C=O) groups excluding carboxylic acids is 1. The maximum absolute atomic E-state index is 13.1. The summed E-state index contributed by atoms with van der Waals surface area (Å²) in [6, 6.07) is 6.88. The van der Waals surface area contributed by atoms with Gasteiger partial charge >= 0.3 is 0 Å². The Morgan fingerprint density at radius 3 is 2.57 bits per heavy atom. The van der Waals surface area contributed by atoms with Gasteiger partial charge in [-0.05, 0) is 42.3 Å². The molecular weight excluding hydrogens is 342 g/mol. The molecule has 0 spiro atoms. The predicted octanol–water partition coefficient (Wildman–Crippen LogP) is 3.80. The highest BCUT2D eigenvalue weighted by Crippen LogP contribution is 2.27. The molecule has 3 nitrogen and oxygen atoms in total. The summed E-state index contributed by atoms with van der Waals surface area (Å²) in [4.78, 5) is 12.0. The molecule has 110 valence electrons. The number of halogens is 3. The number of aryl methyl sites for hydroxylation is 1. The van der Waals surface area contributed by atoms with Gasteiger partial charge in [0.1, 0.15) is 0 Å². The molecule has 2 aromatic rings. The van der Waals surface area contributed by atoms with Gasteiger partial charge in [0.2, 0.25) is 5.91 Å². The van der Waals surface area contributed by atoms with Gasteiger partial charge in [0, 0.05) is 4.47 Å². The first-order chi connectivity index (χ1) is 9.86. The molecule has 0 fully saturated rings. The highest BCUT2D eigenvalue weighted by Gasteiger charge is 2.11. The van der Waals surface area contributed by atoms with Crippen LogP contribution in [0.5, 0.6) is 0 Å². The van der Waals surface area contributed by atoms with E-state index < -0.39 is 11.6 Å². The lowest BCUT2D eigenvalue weighted by Gasteiger charge is -2.12. The van der Waals surface area contributed by atoms with E-state index in [0.29, 0.717) is 16.9 Å². The van der Waals surface area contributed by atoms with E-state index in [2.05, 4.69) is 21.2 Å². The largest absolute Gasteiger partial charge is 0.397 e. The molecule has 2 rings (SSSR count). The third kappa shape index (κ3) is 3.78. The lowest BCUT2D eigenvalue weighted by molar-refractivity contribution is -0.115. The van der Waals surface area contributed by atoms with E-state index >= 15 is 0 Å². The predicted molar refractivity (Wildman–Crippen MR) is 82.0 cm³/mol. The normalized spacial score (nSPS) is 10.5. The quantitative estimate of drug-likeness (QED) is 0.823. The van der Waals surface area contributed by atoms with Gasteiger partial charge in [-0.25, -0.2) is 8.78 Å². The van der Waals surface area contributed by atoms with Crippen molar-refractivity contribution in [1.29, 1.82) is 0 Å². The number of hydrogen-bond donors (Lipinski definition) is 2. The van der Waals surface area contributed by atoms with Gasteiger partial charge in [0.05, 0.1) is 17.8 Å². The lowest BCUT2D eigenvalue weighted by atomic mass is 10.1. The fraction of sp³-hybridized carbons (Fsp3) is 0.133. The molecule has 6 heteroatoms. The number of nitrogens with one attached hydrogen (secondary N) is 1. The standard InChI is InChI=1S/C15H13BrF2N2O/c1-8-4-10(16)7-13(19)15(8)20-14(21)6-9-2-3-11(17)12(18)5-9/h2-5,7H,6,19H2,1H3,(H,20,21). The van der Waals surface area contributed by atoms with Crippen molar-refractivity contribution in [1.82, 2.24) is 0 Å². The first-order valence-electron chi connectivity index (χ1n) is 6.16. The Kier molecular flexibility index (Phi) is 4.57. The van der Waals surface area contributed by atoms with Crippen molar-refractivity contribution in [3.8, 4) is 0 Å². The van der Waals surface area contributed by atoms with Crippen LogP contribution < -0.4 is 11.1 Å². The van der Waals surface area contributed by atoms with E-state index in [9.17, 15) is 13.6 Å². The molecule has 0 bridgehead atoms. The molecule has 0 radical (unpaired) electrons. The van der Waals surface area contributed by atoms with Crippen LogP contribution in [0.1, 0.15) is 11.1 Å². The molecule has 0 aliphatic heterocycles. The second kappa shape index (κ2) is 6.22. The first-order valence-corrected chi connectivity index (χ1v) is 6.95. The Labute approximate surface area is 129 Å². The molecule has 2 aromatic carbocycles. The minimum Gasteiger partial charge on any atom is -0.397 e. The fourth-order valence-electron chi connectivity index (χ4n) is 1.96. The van der Waals surface area contributed by atoms with Gasteiger partial charge in [-0.2, -0.15) is 0 Å². The van der Waals surface area contributed by atoms with Crippen LogP contribution in [-0.2, 0) is 11.2 Å². The molecule has 0 aliphatic carbocycles. The van der Waals surface area contributed by atoms with E-state index in [4.69, 9.17) is 5.73 Å². The summed E-state index contributed by atoms with van der Waals surface area (Å²) in [6.45, 7) is 1.81. The second-order valence-corrected chi connectivity index (χ2v) is 5.58. The molecule has 0 atom stereocenters. The van der Waals surface area contributed by atoms with E-state index in [-0.39, 0.29) is 12.3 Å². The third-order valence-corrected chi connectivity index (χ3v) is 3.40. The van der Waals surface area contributed by atoms with Crippen molar-refractivity contribution in [3.63, 3.8) is 0 Å². The molecular formula is C15H13BrF2N2O. The van der Waals surface area contributed by atoms with Gasteiger partial charge in [-0.3, -0.25) is 4.79 Å². The second-order valence-electron chi connectivity index (χ2n) is 4.66. The Hall–Kier alpha value is -1.95. The van der Waals surface area contributed by atoms with Crippen LogP contribution in [0.25, 0.3) is 0 Å². The summed E-state index contributed by atoms with van der Waals surface area (Å²) in [5.74, 6) is -2.26. The first kappa shape index (κ1) is 15.4. The fourth-order valence-corrected chi connectivity index (χ4v) is 2.55. The zero-order valence-corrected chi connectivity index (χ0v) is 12.8. The minimum atomic E-state index is -0.973. The van der Waals surface area contributed by atoms with Crippen LogP contribution in [0.15, 0.2) is 34.8 Å². The monoisotopic (exact) mass is 354 g/mol. The summed E-state index contributed by atoms with van der Waals surface area (Å²) in [6.07, 6.45) is -0.0633. The van der Waals surface area contributed by atoms with Crippen LogP contribution in [0.3, 0.4) is 0 Å². The average molecular weight is 355 g/mol. The Balaban J connectivity index is 2.13. The molecule has 0 aromatic heterocycles. The molecule has 21 heavy (non-hydrogen) atoms. The van der Waals surface area contributed by atoms with Crippen molar-refractivity contribution >= 4 is 33.2 Å². The van der Waals surface area contributed by atoms with Gasteiger partial charge < -0.3 is 11.1 Å².